The Balaban J connectivity index is 2.18. The van der Waals surface area contributed by atoms with E-state index in [0.29, 0.717) is 5.95 Å². The molecule has 4 nitrogen and oxygen atoms in total. The molecule has 0 bridgehead atoms. The van der Waals surface area contributed by atoms with Crippen LogP contribution in [0.5, 0.6) is 0 Å². The van der Waals surface area contributed by atoms with Crippen molar-refractivity contribution in [2.24, 2.45) is 0 Å². The average Bonchev–Trinajstić information content (AvgIpc) is 2.33. The molecule has 5 heteroatoms. The highest BCUT2D eigenvalue weighted by Crippen LogP contribution is 2.24. The van der Waals surface area contributed by atoms with Crippen LogP contribution in [0.4, 0.5) is 17.5 Å². The maximum absolute atomic E-state index is 4.34. The number of hydrogen-bond acceptors (Lipinski definition) is 4. The van der Waals surface area contributed by atoms with E-state index in [9.17, 15) is 0 Å². The fraction of sp³-hybridized carbons (Fsp3) is 0.167. The molecule has 0 atom stereocenters. The summed E-state index contributed by atoms with van der Waals surface area (Å²) in [4.78, 5) is 8.46. The van der Waals surface area contributed by atoms with Crippen molar-refractivity contribution in [2.75, 3.05) is 17.2 Å². The van der Waals surface area contributed by atoms with Gasteiger partial charge in [-0.1, -0.05) is 12.1 Å². The molecule has 0 spiro atoms. The molecule has 0 aliphatic carbocycles. The van der Waals surface area contributed by atoms with Crippen molar-refractivity contribution in [3.8, 4) is 0 Å². The van der Waals surface area contributed by atoms with Crippen LogP contribution in [0.25, 0.3) is 0 Å². The molecule has 0 radical (unpaired) electrons. The molecule has 0 saturated heterocycles. The van der Waals surface area contributed by atoms with Gasteiger partial charge in [0.05, 0.1) is 5.69 Å². The van der Waals surface area contributed by atoms with Crippen LogP contribution in [0.2, 0.25) is 0 Å². The lowest BCUT2D eigenvalue weighted by atomic mass is 10.3. The quantitative estimate of drug-likeness (QED) is 0.907. The number of aromatic nitrogens is 2. The molecule has 0 amide bonds. The standard InChI is InChI=1S/C12H13BrN4/c1-2-14-12-15-8-7-11(17-12)16-10-6-4-3-5-9(10)13/h3-8H,2H2,1H3,(H2,14,15,16,17). The van der Waals surface area contributed by atoms with E-state index in [0.717, 1.165) is 22.5 Å². The van der Waals surface area contributed by atoms with Crippen LogP contribution in [0.1, 0.15) is 6.92 Å². The zero-order valence-electron chi connectivity index (χ0n) is 9.44. The van der Waals surface area contributed by atoms with E-state index < -0.39 is 0 Å². The number of para-hydroxylation sites is 1. The Kier molecular flexibility index (Phi) is 3.93. The lowest BCUT2D eigenvalue weighted by Crippen LogP contribution is -2.03. The molecule has 0 fully saturated rings. The molecule has 1 heterocycles. The van der Waals surface area contributed by atoms with Crippen LogP contribution in [0.3, 0.4) is 0 Å². The largest absolute Gasteiger partial charge is 0.354 e. The third kappa shape index (κ3) is 3.17. The second-order valence-electron chi connectivity index (χ2n) is 3.40. The van der Waals surface area contributed by atoms with E-state index in [1.165, 1.54) is 0 Å². The van der Waals surface area contributed by atoms with Crippen LogP contribution < -0.4 is 10.6 Å². The minimum atomic E-state index is 0.629. The monoisotopic (exact) mass is 292 g/mol. The fourth-order valence-corrected chi connectivity index (χ4v) is 1.76. The summed E-state index contributed by atoms with van der Waals surface area (Å²) in [6.07, 6.45) is 1.73. The Morgan fingerprint density at radius 2 is 2.06 bits per heavy atom. The van der Waals surface area contributed by atoms with Gasteiger partial charge in [-0.15, -0.1) is 0 Å². The summed E-state index contributed by atoms with van der Waals surface area (Å²) in [5, 5.41) is 6.31. The van der Waals surface area contributed by atoms with Crippen molar-refractivity contribution in [2.45, 2.75) is 6.92 Å². The first-order valence-corrected chi connectivity index (χ1v) is 6.17. The summed E-state index contributed by atoms with van der Waals surface area (Å²) >= 11 is 3.48. The van der Waals surface area contributed by atoms with Gasteiger partial charge >= 0.3 is 0 Å². The zero-order valence-corrected chi connectivity index (χ0v) is 11.0. The SMILES string of the molecule is CCNc1nccc(Nc2ccccc2Br)n1. The molecule has 0 aliphatic heterocycles. The third-order valence-electron chi connectivity index (χ3n) is 2.13. The highest BCUT2D eigenvalue weighted by atomic mass is 79.9. The molecule has 2 aromatic rings. The van der Waals surface area contributed by atoms with Gasteiger partial charge in [-0.05, 0) is 41.1 Å². The number of nitrogens with zero attached hydrogens (tertiary/aromatic N) is 2. The van der Waals surface area contributed by atoms with E-state index in [4.69, 9.17) is 0 Å². The second kappa shape index (κ2) is 5.63. The Hall–Kier alpha value is -1.62. The van der Waals surface area contributed by atoms with E-state index in [2.05, 4.69) is 36.5 Å². The zero-order chi connectivity index (χ0) is 12.1. The van der Waals surface area contributed by atoms with Gasteiger partial charge in [0.15, 0.2) is 0 Å². The van der Waals surface area contributed by atoms with E-state index in [1.807, 2.05) is 37.3 Å². The van der Waals surface area contributed by atoms with E-state index >= 15 is 0 Å². The first-order valence-electron chi connectivity index (χ1n) is 5.38. The molecule has 2 rings (SSSR count). The van der Waals surface area contributed by atoms with Crippen molar-refractivity contribution in [3.05, 3.63) is 41.0 Å². The molecule has 1 aromatic heterocycles. The fourth-order valence-electron chi connectivity index (χ4n) is 1.37. The molecule has 2 N–H and O–H groups in total. The molecule has 0 unspecified atom stereocenters. The summed E-state index contributed by atoms with van der Waals surface area (Å²) in [7, 11) is 0. The maximum atomic E-state index is 4.34. The summed E-state index contributed by atoms with van der Waals surface area (Å²) in [5.41, 5.74) is 0.980. The van der Waals surface area contributed by atoms with Gasteiger partial charge in [0.25, 0.3) is 0 Å². The Bertz CT molecular complexity index is 501. The average molecular weight is 293 g/mol. The third-order valence-corrected chi connectivity index (χ3v) is 2.82. The van der Waals surface area contributed by atoms with Crippen molar-refractivity contribution >= 4 is 33.4 Å². The van der Waals surface area contributed by atoms with Gasteiger partial charge in [0, 0.05) is 17.2 Å². The number of rotatable bonds is 4. The van der Waals surface area contributed by atoms with Crippen LogP contribution in [-0.4, -0.2) is 16.5 Å². The van der Waals surface area contributed by atoms with Crippen molar-refractivity contribution in [1.29, 1.82) is 0 Å². The molecule has 88 valence electrons. The topological polar surface area (TPSA) is 49.8 Å². The molecular weight excluding hydrogens is 280 g/mol. The van der Waals surface area contributed by atoms with E-state index in [1.54, 1.807) is 6.20 Å². The van der Waals surface area contributed by atoms with Gasteiger partial charge in [0.2, 0.25) is 5.95 Å². The Morgan fingerprint density at radius 1 is 1.24 bits per heavy atom. The van der Waals surface area contributed by atoms with Crippen LogP contribution in [-0.2, 0) is 0 Å². The minimum Gasteiger partial charge on any atom is -0.354 e. The highest BCUT2D eigenvalue weighted by Gasteiger charge is 2.01. The van der Waals surface area contributed by atoms with Crippen molar-refractivity contribution in [1.82, 2.24) is 9.97 Å². The lowest BCUT2D eigenvalue weighted by molar-refractivity contribution is 1.09. The normalized spacial score (nSPS) is 10.0. The molecule has 1 aromatic carbocycles. The Morgan fingerprint density at radius 3 is 2.82 bits per heavy atom. The number of halogens is 1. The molecule has 0 aliphatic rings. The number of benzene rings is 1. The summed E-state index contributed by atoms with van der Waals surface area (Å²) in [6, 6.07) is 9.74. The minimum absolute atomic E-state index is 0.629. The van der Waals surface area contributed by atoms with E-state index in [-0.39, 0.29) is 0 Å². The predicted octanol–water partition coefficient (Wildman–Crippen LogP) is 3.41. The van der Waals surface area contributed by atoms with Crippen LogP contribution in [0.15, 0.2) is 41.0 Å². The summed E-state index contributed by atoms with van der Waals surface area (Å²) in [6.45, 7) is 2.82. The van der Waals surface area contributed by atoms with Crippen LogP contribution in [0, 0.1) is 0 Å². The predicted molar refractivity (Wildman–Crippen MR) is 73.6 cm³/mol. The van der Waals surface area contributed by atoms with Crippen LogP contribution >= 0.6 is 15.9 Å². The first kappa shape index (κ1) is 11.9. The molecule has 0 saturated carbocycles. The lowest BCUT2D eigenvalue weighted by Gasteiger charge is -2.08. The number of nitrogens with one attached hydrogen (secondary N) is 2. The second-order valence-corrected chi connectivity index (χ2v) is 4.26. The Labute approximate surface area is 109 Å². The number of hydrogen-bond donors (Lipinski definition) is 2. The van der Waals surface area contributed by atoms with Gasteiger partial charge in [-0.25, -0.2) is 4.98 Å². The molecular formula is C12H13BrN4. The van der Waals surface area contributed by atoms with Gasteiger partial charge < -0.3 is 10.6 Å². The smallest absolute Gasteiger partial charge is 0.224 e. The molecule has 17 heavy (non-hydrogen) atoms. The van der Waals surface area contributed by atoms with Gasteiger partial charge in [0.1, 0.15) is 5.82 Å². The summed E-state index contributed by atoms with van der Waals surface area (Å²) < 4.78 is 1.00. The van der Waals surface area contributed by atoms with Crippen molar-refractivity contribution in [3.63, 3.8) is 0 Å². The maximum Gasteiger partial charge on any atom is 0.224 e. The highest BCUT2D eigenvalue weighted by molar-refractivity contribution is 9.10. The van der Waals surface area contributed by atoms with Gasteiger partial charge in [-0.3, -0.25) is 0 Å². The summed E-state index contributed by atoms with van der Waals surface area (Å²) in [5.74, 6) is 1.40. The van der Waals surface area contributed by atoms with Gasteiger partial charge in [-0.2, -0.15) is 4.98 Å². The first-order chi connectivity index (χ1) is 8.29. The van der Waals surface area contributed by atoms with Crippen molar-refractivity contribution < 1.29 is 0 Å². The number of anilines is 3.